The fourth-order valence-corrected chi connectivity index (χ4v) is 2.87. The van der Waals surface area contributed by atoms with Crippen LogP contribution in [0.15, 0.2) is 0 Å². The number of thiol groups is 1. The van der Waals surface area contributed by atoms with Crippen LogP contribution >= 0.6 is 42.8 Å². The van der Waals surface area contributed by atoms with Crippen LogP contribution in [0.4, 0.5) is 0 Å². The number of carbonyl (C=O) groups is 3. The zero-order chi connectivity index (χ0) is 15.2. The molecule has 4 N–H and O–H groups in total. The molecule has 0 aromatic heterocycles. The quantitative estimate of drug-likeness (QED) is 0.339. The molecule has 2 unspecified atom stereocenters. The molecular weight excluding hydrogens is 403 g/mol. The zero-order valence-corrected chi connectivity index (χ0v) is 14.4. The smallest absolute Gasteiger partial charge is 0.317 e. The Bertz CT molecular complexity index is 360. The largest absolute Gasteiger partial charge is 0.480 e. The van der Waals surface area contributed by atoms with E-state index in [-0.39, 0.29) is 18.7 Å². The molecule has 0 saturated heterocycles. The molecule has 0 aliphatic carbocycles. The summed E-state index contributed by atoms with van der Waals surface area (Å²) in [6, 6.07) is -0.853. The third kappa shape index (κ3) is 6.82. The van der Waals surface area contributed by atoms with Crippen molar-refractivity contribution in [2.75, 3.05) is 6.54 Å². The topological polar surface area (TPSA) is 109 Å². The number of ketones is 1. The number of halogens is 1. The molecule has 0 rings (SSSR count). The van der Waals surface area contributed by atoms with Gasteiger partial charge in [-0.1, -0.05) is 8.93 Å². The van der Waals surface area contributed by atoms with Crippen molar-refractivity contribution in [3.8, 4) is 0 Å². The van der Waals surface area contributed by atoms with Gasteiger partial charge in [-0.3, -0.25) is 14.4 Å². The molecule has 0 spiro atoms. The first-order valence-electron chi connectivity index (χ1n) is 5.39. The summed E-state index contributed by atoms with van der Waals surface area (Å²) in [6.45, 7) is 3.16. The fraction of sp³-hybridized carbons (Fsp3) is 0.700. The van der Waals surface area contributed by atoms with Gasteiger partial charge >= 0.3 is 5.97 Å². The molecule has 0 bridgehead atoms. The molecule has 2 atom stereocenters. The van der Waals surface area contributed by atoms with E-state index in [1.165, 1.54) is 0 Å². The molecule has 1 amide bonds. The minimum Gasteiger partial charge on any atom is -0.480 e. The summed E-state index contributed by atoms with van der Waals surface area (Å²) in [5.74, 6) is -1.89. The molecule has 0 aliphatic heterocycles. The lowest BCUT2D eigenvalue weighted by Crippen LogP contribution is -2.51. The van der Waals surface area contributed by atoms with Crippen molar-refractivity contribution in [3.05, 3.63) is 0 Å². The molecule has 110 valence electrons. The first-order chi connectivity index (χ1) is 8.63. The van der Waals surface area contributed by atoms with E-state index in [0.717, 1.165) is 8.93 Å². The second kappa shape index (κ2) is 8.32. The maximum atomic E-state index is 11.9. The van der Waals surface area contributed by atoms with Crippen molar-refractivity contribution in [3.63, 3.8) is 0 Å². The first kappa shape index (κ1) is 19.0. The first-order valence-corrected chi connectivity index (χ1v) is 9.26. The van der Waals surface area contributed by atoms with Crippen LogP contribution in [-0.2, 0) is 14.4 Å². The SMILES string of the molecule is CC(C)(S)C(=O)C(CN)NC(=O)CC(SI)C(=O)O. The Hall–Kier alpha value is -0.000000000000000111. The molecule has 0 saturated carbocycles. The molecule has 0 aromatic rings. The van der Waals surface area contributed by atoms with E-state index in [1.54, 1.807) is 13.8 Å². The Labute approximate surface area is 133 Å². The fourth-order valence-electron chi connectivity index (χ4n) is 1.24. The van der Waals surface area contributed by atoms with Crippen molar-refractivity contribution < 1.29 is 19.5 Å². The number of rotatable bonds is 8. The van der Waals surface area contributed by atoms with Gasteiger partial charge in [-0.25, -0.2) is 0 Å². The predicted octanol–water partition coefficient (Wildman–Crippen LogP) is 0.634. The lowest BCUT2D eigenvalue weighted by atomic mass is 10.0. The number of carboxylic acid groups (broad SMARTS) is 1. The van der Waals surface area contributed by atoms with E-state index >= 15 is 0 Å². The second-order valence-corrected chi connectivity index (χ2v) is 7.79. The monoisotopic (exact) mass is 420 g/mol. The van der Waals surface area contributed by atoms with Crippen LogP contribution in [0.2, 0.25) is 0 Å². The van der Waals surface area contributed by atoms with E-state index in [2.05, 4.69) is 17.9 Å². The van der Waals surface area contributed by atoms with Crippen LogP contribution in [0, 0.1) is 0 Å². The van der Waals surface area contributed by atoms with Gasteiger partial charge in [0.05, 0.1) is 4.75 Å². The number of amides is 1. The van der Waals surface area contributed by atoms with Gasteiger partial charge in [0.15, 0.2) is 5.78 Å². The van der Waals surface area contributed by atoms with Crippen LogP contribution in [0.1, 0.15) is 20.3 Å². The third-order valence-corrected chi connectivity index (χ3v) is 4.89. The average Bonchev–Trinajstić information content (AvgIpc) is 2.30. The van der Waals surface area contributed by atoms with Crippen molar-refractivity contribution in [2.45, 2.75) is 36.3 Å². The summed E-state index contributed by atoms with van der Waals surface area (Å²) < 4.78 is -0.915. The Morgan fingerprint density at radius 3 is 2.32 bits per heavy atom. The average molecular weight is 420 g/mol. The Kier molecular flexibility index (Phi) is 8.32. The van der Waals surface area contributed by atoms with Crippen molar-refractivity contribution in [1.29, 1.82) is 0 Å². The van der Waals surface area contributed by atoms with Gasteiger partial charge in [-0.15, -0.1) is 0 Å². The van der Waals surface area contributed by atoms with Gasteiger partial charge < -0.3 is 16.2 Å². The highest BCUT2D eigenvalue weighted by atomic mass is 127. The zero-order valence-electron chi connectivity index (χ0n) is 10.6. The van der Waals surface area contributed by atoms with Crippen LogP contribution in [-0.4, -0.2) is 45.3 Å². The highest BCUT2D eigenvalue weighted by molar-refractivity contribution is 14.2. The van der Waals surface area contributed by atoms with Gasteiger partial charge in [-0.05, 0) is 35.1 Å². The van der Waals surface area contributed by atoms with E-state index in [0.29, 0.717) is 0 Å². The minimum atomic E-state index is -1.07. The molecular formula is C10H17IN2O4S2. The highest BCUT2D eigenvalue weighted by Gasteiger charge is 2.31. The summed E-state index contributed by atoms with van der Waals surface area (Å²) in [7, 11) is 1.03. The standard InChI is InChI=1S/C10H17IN2O4S2/c1-10(2,18)8(15)5(4-12)13-7(14)3-6(19-11)9(16)17/h5-6,18H,3-4,12H2,1-2H3,(H,13,14)(H,16,17). The van der Waals surface area contributed by atoms with Crippen LogP contribution in [0.5, 0.6) is 0 Å². The maximum Gasteiger partial charge on any atom is 0.317 e. The second-order valence-electron chi connectivity index (χ2n) is 4.40. The van der Waals surface area contributed by atoms with Crippen molar-refractivity contribution >= 4 is 60.4 Å². The van der Waals surface area contributed by atoms with Crippen LogP contribution < -0.4 is 11.1 Å². The van der Waals surface area contributed by atoms with Gasteiger partial charge in [0.2, 0.25) is 5.91 Å². The van der Waals surface area contributed by atoms with Crippen molar-refractivity contribution in [2.24, 2.45) is 5.73 Å². The summed E-state index contributed by atoms with van der Waals surface area (Å²) in [4.78, 5) is 34.4. The Balaban J connectivity index is 4.60. The number of carbonyl (C=O) groups excluding carboxylic acids is 2. The number of nitrogens with one attached hydrogen (secondary N) is 1. The summed E-state index contributed by atoms with van der Waals surface area (Å²) >= 11 is 5.95. The Morgan fingerprint density at radius 1 is 1.47 bits per heavy atom. The molecule has 0 fully saturated rings. The minimum absolute atomic E-state index is 0.0519. The third-order valence-electron chi connectivity index (χ3n) is 2.24. The van der Waals surface area contributed by atoms with E-state index in [4.69, 9.17) is 10.8 Å². The number of carboxylic acids is 1. The maximum absolute atomic E-state index is 11.9. The Morgan fingerprint density at radius 2 is 2.00 bits per heavy atom. The summed E-state index contributed by atoms with van der Waals surface area (Å²) in [5, 5.41) is 10.4. The molecule has 0 aromatic carbocycles. The predicted molar refractivity (Wildman–Crippen MR) is 86.7 cm³/mol. The summed E-state index contributed by atoms with van der Waals surface area (Å²) in [6.07, 6.45) is -0.209. The molecule has 0 radical (unpaired) electrons. The molecule has 0 heterocycles. The lowest BCUT2D eigenvalue weighted by molar-refractivity contribution is -0.138. The van der Waals surface area contributed by atoms with E-state index < -0.39 is 27.9 Å². The normalized spacial score (nSPS) is 14.6. The number of nitrogens with two attached hydrogens (primary N) is 1. The molecule has 9 heteroatoms. The van der Waals surface area contributed by atoms with Gasteiger partial charge in [-0.2, -0.15) is 12.6 Å². The van der Waals surface area contributed by atoms with Crippen LogP contribution in [0.3, 0.4) is 0 Å². The van der Waals surface area contributed by atoms with Gasteiger partial charge in [0.1, 0.15) is 11.3 Å². The number of Topliss-reactive ketones (excluding diaryl/α,β-unsaturated/α-hetero) is 1. The molecule has 6 nitrogen and oxygen atoms in total. The summed E-state index contributed by atoms with van der Waals surface area (Å²) in [5.41, 5.74) is 5.45. The van der Waals surface area contributed by atoms with Gasteiger partial charge in [0, 0.05) is 13.0 Å². The highest BCUT2D eigenvalue weighted by Crippen LogP contribution is 2.22. The van der Waals surface area contributed by atoms with E-state index in [1.807, 2.05) is 21.2 Å². The van der Waals surface area contributed by atoms with E-state index in [9.17, 15) is 14.4 Å². The molecule has 19 heavy (non-hydrogen) atoms. The van der Waals surface area contributed by atoms with Crippen molar-refractivity contribution in [1.82, 2.24) is 5.32 Å². The number of hydrogen-bond donors (Lipinski definition) is 4. The lowest BCUT2D eigenvalue weighted by Gasteiger charge is -2.24. The van der Waals surface area contributed by atoms with Gasteiger partial charge in [0.25, 0.3) is 0 Å². The van der Waals surface area contributed by atoms with Crippen LogP contribution in [0.25, 0.3) is 0 Å². The molecule has 0 aliphatic rings. The number of hydrogen-bond acceptors (Lipinski definition) is 6. The number of aliphatic carboxylic acids is 1.